The maximum atomic E-state index is 12.7. The molecule has 0 unspecified atom stereocenters. The molecule has 144 valence electrons. The lowest BCUT2D eigenvalue weighted by molar-refractivity contribution is 0.0785. The third-order valence-corrected chi connectivity index (χ3v) is 6.46. The Morgan fingerprint density at radius 2 is 2.04 bits per heavy atom. The number of hydrogen-bond donors (Lipinski definition) is 1. The van der Waals surface area contributed by atoms with E-state index in [1.807, 2.05) is 30.3 Å². The SMILES string of the molecule is CN(Cc1nc2ccccc2s1)C(=O)c1cccc(S(=O)(=O)NCCC#N)c1. The van der Waals surface area contributed by atoms with Crippen molar-refractivity contribution in [1.29, 1.82) is 5.26 Å². The summed E-state index contributed by atoms with van der Waals surface area (Å²) in [5.41, 5.74) is 1.16. The van der Waals surface area contributed by atoms with E-state index < -0.39 is 10.0 Å². The van der Waals surface area contributed by atoms with Gasteiger partial charge >= 0.3 is 0 Å². The van der Waals surface area contributed by atoms with Gasteiger partial charge in [0.2, 0.25) is 10.0 Å². The lowest BCUT2D eigenvalue weighted by Crippen LogP contribution is -2.27. The number of fused-ring (bicyclic) bond motifs is 1. The molecule has 9 heteroatoms. The van der Waals surface area contributed by atoms with Crippen LogP contribution in [0.4, 0.5) is 0 Å². The Morgan fingerprint density at radius 3 is 2.79 bits per heavy atom. The third-order valence-electron chi connectivity index (χ3n) is 3.98. The Labute approximate surface area is 167 Å². The van der Waals surface area contributed by atoms with Crippen LogP contribution in [-0.2, 0) is 16.6 Å². The summed E-state index contributed by atoms with van der Waals surface area (Å²) in [7, 11) is -2.12. The van der Waals surface area contributed by atoms with Crippen LogP contribution < -0.4 is 4.72 Å². The quantitative estimate of drug-likeness (QED) is 0.599. The van der Waals surface area contributed by atoms with Gasteiger partial charge in [0.05, 0.1) is 27.7 Å². The van der Waals surface area contributed by atoms with Crippen molar-refractivity contribution in [3.05, 3.63) is 59.1 Å². The monoisotopic (exact) mass is 414 g/mol. The number of carbonyl (C=O) groups is 1. The van der Waals surface area contributed by atoms with Crippen molar-refractivity contribution in [3.8, 4) is 6.07 Å². The lowest BCUT2D eigenvalue weighted by atomic mass is 10.2. The van der Waals surface area contributed by atoms with E-state index in [-0.39, 0.29) is 29.3 Å². The fraction of sp³-hybridized carbons (Fsp3) is 0.211. The van der Waals surface area contributed by atoms with Gasteiger partial charge in [0.1, 0.15) is 5.01 Å². The predicted octanol–water partition coefficient (Wildman–Crippen LogP) is 2.76. The van der Waals surface area contributed by atoms with Gasteiger partial charge in [0.15, 0.2) is 0 Å². The third kappa shape index (κ3) is 4.54. The highest BCUT2D eigenvalue weighted by Gasteiger charge is 2.18. The molecule has 1 N–H and O–H groups in total. The van der Waals surface area contributed by atoms with Crippen molar-refractivity contribution >= 4 is 37.5 Å². The molecule has 0 spiro atoms. The highest BCUT2D eigenvalue weighted by molar-refractivity contribution is 7.89. The van der Waals surface area contributed by atoms with Crippen molar-refractivity contribution in [2.24, 2.45) is 0 Å². The highest BCUT2D eigenvalue weighted by Crippen LogP contribution is 2.23. The molecule has 0 aliphatic heterocycles. The summed E-state index contributed by atoms with van der Waals surface area (Å²) >= 11 is 1.52. The van der Waals surface area contributed by atoms with Crippen molar-refractivity contribution in [2.45, 2.75) is 17.9 Å². The van der Waals surface area contributed by atoms with E-state index in [2.05, 4.69) is 9.71 Å². The number of carbonyl (C=O) groups excluding carboxylic acids is 1. The first-order chi connectivity index (χ1) is 13.4. The summed E-state index contributed by atoms with van der Waals surface area (Å²) in [6, 6.07) is 15.5. The summed E-state index contributed by atoms with van der Waals surface area (Å²) in [4.78, 5) is 18.8. The minimum Gasteiger partial charge on any atom is -0.335 e. The van der Waals surface area contributed by atoms with Crippen LogP contribution in [0.3, 0.4) is 0 Å². The second-order valence-corrected chi connectivity index (χ2v) is 8.95. The number of nitriles is 1. The minimum atomic E-state index is -3.77. The standard InChI is InChI=1S/C19H18N4O3S2/c1-23(13-18-22-16-8-2-3-9-17(16)27-18)19(24)14-6-4-7-15(12-14)28(25,26)21-11-5-10-20/h2-4,6-9,12,21H,5,11,13H2,1H3. The van der Waals surface area contributed by atoms with Gasteiger partial charge in [-0.25, -0.2) is 18.1 Å². The Hall–Kier alpha value is -2.80. The second kappa shape index (κ2) is 8.48. The molecule has 2 aromatic carbocycles. The van der Waals surface area contributed by atoms with Gasteiger partial charge in [0, 0.05) is 25.6 Å². The molecular formula is C19H18N4O3S2. The smallest absolute Gasteiger partial charge is 0.254 e. The molecule has 0 fully saturated rings. The minimum absolute atomic E-state index is 0.00956. The summed E-state index contributed by atoms with van der Waals surface area (Å²) in [6.45, 7) is 0.351. The number of thiazole rings is 1. The maximum absolute atomic E-state index is 12.7. The second-order valence-electron chi connectivity index (χ2n) is 6.07. The zero-order valence-corrected chi connectivity index (χ0v) is 16.8. The average Bonchev–Trinajstić information content (AvgIpc) is 3.09. The van der Waals surface area contributed by atoms with E-state index in [1.165, 1.54) is 34.4 Å². The molecule has 0 radical (unpaired) electrons. The fourth-order valence-corrected chi connectivity index (χ4v) is 4.70. The number of aromatic nitrogens is 1. The summed E-state index contributed by atoms with van der Waals surface area (Å²) < 4.78 is 28.0. The summed E-state index contributed by atoms with van der Waals surface area (Å²) in [5, 5.41) is 9.34. The zero-order chi connectivity index (χ0) is 20.1. The van der Waals surface area contributed by atoms with Gasteiger partial charge in [0.25, 0.3) is 5.91 Å². The van der Waals surface area contributed by atoms with Gasteiger partial charge in [-0.3, -0.25) is 4.79 Å². The molecule has 3 rings (SSSR count). The number of nitrogens with one attached hydrogen (secondary N) is 1. The molecule has 1 heterocycles. The Bertz CT molecular complexity index is 1120. The van der Waals surface area contributed by atoms with Crippen LogP contribution in [0.2, 0.25) is 0 Å². The first-order valence-corrected chi connectivity index (χ1v) is 10.8. The van der Waals surface area contributed by atoms with Crippen LogP contribution in [0.1, 0.15) is 21.8 Å². The molecule has 0 aliphatic carbocycles. The maximum Gasteiger partial charge on any atom is 0.254 e. The van der Waals surface area contributed by atoms with Crippen LogP contribution in [0.25, 0.3) is 10.2 Å². The highest BCUT2D eigenvalue weighted by atomic mass is 32.2. The number of rotatable bonds is 7. The van der Waals surface area contributed by atoms with E-state index in [1.54, 1.807) is 13.1 Å². The summed E-state index contributed by atoms with van der Waals surface area (Å²) in [6.07, 6.45) is 0.0722. The molecule has 0 atom stereocenters. The van der Waals surface area contributed by atoms with Gasteiger partial charge in [-0.1, -0.05) is 18.2 Å². The molecule has 0 aliphatic rings. The fourth-order valence-electron chi connectivity index (χ4n) is 2.60. The molecule has 1 amide bonds. The molecule has 0 bridgehead atoms. The van der Waals surface area contributed by atoms with Crippen LogP contribution in [0.15, 0.2) is 53.4 Å². The van der Waals surface area contributed by atoms with Gasteiger partial charge in [-0.2, -0.15) is 5.26 Å². The van der Waals surface area contributed by atoms with Crippen LogP contribution in [0.5, 0.6) is 0 Å². The zero-order valence-electron chi connectivity index (χ0n) is 15.1. The molecule has 3 aromatic rings. The topological polar surface area (TPSA) is 103 Å². The largest absolute Gasteiger partial charge is 0.335 e. The van der Waals surface area contributed by atoms with Crippen molar-refractivity contribution < 1.29 is 13.2 Å². The molecular weight excluding hydrogens is 396 g/mol. The average molecular weight is 415 g/mol. The molecule has 0 saturated carbocycles. The number of amides is 1. The number of sulfonamides is 1. The first kappa shape index (κ1) is 19.9. The lowest BCUT2D eigenvalue weighted by Gasteiger charge is -2.16. The molecule has 7 nitrogen and oxygen atoms in total. The Kier molecular flexibility index (Phi) is 6.04. The van der Waals surface area contributed by atoms with E-state index in [0.29, 0.717) is 6.54 Å². The van der Waals surface area contributed by atoms with E-state index in [0.717, 1.165) is 15.2 Å². The van der Waals surface area contributed by atoms with Crippen molar-refractivity contribution in [2.75, 3.05) is 13.6 Å². The van der Waals surface area contributed by atoms with Crippen molar-refractivity contribution in [1.82, 2.24) is 14.6 Å². The molecule has 1 aromatic heterocycles. The predicted molar refractivity (Wildman–Crippen MR) is 107 cm³/mol. The summed E-state index contributed by atoms with van der Waals surface area (Å²) in [5.74, 6) is -0.298. The number of nitrogens with zero attached hydrogens (tertiary/aromatic N) is 3. The van der Waals surface area contributed by atoms with Gasteiger partial charge in [-0.05, 0) is 30.3 Å². The molecule has 0 saturated heterocycles. The number of benzene rings is 2. The molecule has 28 heavy (non-hydrogen) atoms. The van der Waals surface area contributed by atoms with Gasteiger partial charge < -0.3 is 4.90 Å². The van der Waals surface area contributed by atoms with Crippen molar-refractivity contribution in [3.63, 3.8) is 0 Å². The number of para-hydroxylation sites is 1. The normalized spacial score (nSPS) is 11.3. The van der Waals surface area contributed by atoms with Crippen LogP contribution in [-0.4, -0.2) is 37.8 Å². The van der Waals surface area contributed by atoms with Crippen LogP contribution in [0, 0.1) is 11.3 Å². The van der Waals surface area contributed by atoms with E-state index >= 15 is 0 Å². The first-order valence-electron chi connectivity index (χ1n) is 8.47. The van der Waals surface area contributed by atoms with Gasteiger partial charge in [-0.15, -0.1) is 11.3 Å². The Morgan fingerprint density at radius 1 is 1.25 bits per heavy atom. The van der Waals surface area contributed by atoms with Crippen LogP contribution >= 0.6 is 11.3 Å². The number of hydrogen-bond acceptors (Lipinski definition) is 6. The Balaban J connectivity index is 1.75. The van der Waals surface area contributed by atoms with E-state index in [4.69, 9.17) is 5.26 Å². The van der Waals surface area contributed by atoms with E-state index in [9.17, 15) is 13.2 Å².